The summed E-state index contributed by atoms with van der Waals surface area (Å²) in [6.07, 6.45) is 0.827. The van der Waals surface area contributed by atoms with Crippen molar-refractivity contribution in [1.82, 2.24) is 0 Å². The Morgan fingerprint density at radius 2 is 2.11 bits per heavy atom. The summed E-state index contributed by atoms with van der Waals surface area (Å²) in [5.41, 5.74) is 6.99. The van der Waals surface area contributed by atoms with Crippen molar-refractivity contribution in [3.05, 3.63) is 27.3 Å². The first-order valence-electron chi connectivity index (χ1n) is 5.94. The second-order valence-corrected chi connectivity index (χ2v) is 5.25. The number of halogens is 2. The Morgan fingerprint density at radius 1 is 1.33 bits per heavy atom. The summed E-state index contributed by atoms with van der Waals surface area (Å²) >= 11 is 2.29. The van der Waals surface area contributed by atoms with E-state index in [1.807, 2.05) is 25.1 Å². The van der Waals surface area contributed by atoms with Gasteiger partial charge in [-0.05, 0) is 59.7 Å². The van der Waals surface area contributed by atoms with Crippen molar-refractivity contribution < 1.29 is 13.9 Å². The van der Waals surface area contributed by atoms with Crippen molar-refractivity contribution in [1.29, 1.82) is 0 Å². The Bertz CT molecular complexity index is 361. The molecule has 1 aromatic carbocycles. The molecule has 0 radical (unpaired) electrons. The third kappa shape index (κ3) is 5.97. The third-order valence-electron chi connectivity index (χ3n) is 2.28. The van der Waals surface area contributed by atoms with Crippen LogP contribution in [0.2, 0.25) is 0 Å². The topological polar surface area (TPSA) is 44.5 Å². The molecule has 1 rings (SSSR count). The van der Waals surface area contributed by atoms with E-state index in [9.17, 15) is 4.39 Å². The lowest BCUT2D eigenvalue weighted by Crippen LogP contribution is -2.18. The smallest absolute Gasteiger partial charge is 0.119 e. The van der Waals surface area contributed by atoms with Crippen LogP contribution in [-0.2, 0) is 11.2 Å². The number of benzene rings is 1. The highest BCUT2D eigenvalue weighted by atomic mass is 127. The van der Waals surface area contributed by atoms with Crippen molar-refractivity contribution in [2.45, 2.75) is 19.4 Å². The highest BCUT2D eigenvalue weighted by Gasteiger charge is 2.05. The lowest BCUT2D eigenvalue weighted by molar-refractivity contribution is 0.0897. The van der Waals surface area contributed by atoms with Crippen molar-refractivity contribution in [2.24, 2.45) is 5.73 Å². The van der Waals surface area contributed by atoms with Crippen LogP contribution in [0.3, 0.4) is 0 Å². The van der Waals surface area contributed by atoms with E-state index in [1.54, 1.807) is 0 Å². The van der Waals surface area contributed by atoms with Crippen molar-refractivity contribution in [2.75, 3.05) is 26.5 Å². The molecule has 102 valence electrons. The Balaban J connectivity index is 2.46. The zero-order valence-electron chi connectivity index (χ0n) is 10.5. The van der Waals surface area contributed by atoms with Gasteiger partial charge in [-0.15, -0.1) is 0 Å². The molecule has 5 heteroatoms. The van der Waals surface area contributed by atoms with Crippen LogP contribution in [0.4, 0.5) is 4.39 Å². The average Bonchev–Trinajstić information content (AvgIpc) is 2.32. The molecule has 2 N–H and O–H groups in total. The van der Waals surface area contributed by atoms with E-state index in [4.69, 9.17) is 15.2 Å². The van der Waals surface area contributed by atoms with E-state index in [1.165, 1.54) is 9.13 Å². The summed E-state index contributed by atoms with van der Waals surface area (Å²) < 4.78 is 23.5. The number of nitrogens with two attached hydrogens (primary N) is 1. The van der Waals surface area contributed by atoms with Gasteiger partial charge in [0.25, 0.3) is 0 Å². The molecule has 0 aromatic heterocycles. The van der Waals surface area contributed by atoms with Gasteiger partial charge in [0.15, 0.2) is 0 Å². The van der Waals surface area contributed by atoms with Crippen molar-refractivity contribution >= 4 is 22.6 Å². The van der Waals surface area contributed by atoms with E-state index >= 15 is 0 Å². The summed E-state index contributed by atoms with van der Waals surface area (Å²) in [7, 11) is 0. The molecule has 18 heavy (non-hydrogen) atoms. The van der Waals surface area contributed by atoms with Crippen LogP contribution in [-0.4, -0.2) is 32.5 Å². The Morgan fingerprint density at radius 3 is 2.78 bits per heavy atom. The highest BCUT2D eigenvalue weighted by Crippen LogP contribution is 2.20. The third-order valence-corrected chi connectivity index (χ3v) is 3.33. The van der Waals surface area contributed by atoms with Gasteiger partial charge >= 0.3 is 0 Å². The molecular formula is C13H19FINO2. The zero-order valence-corrected chi connectivity index (χ0v) is 12.7. The first-order chi connectivity index (χ1) is 8.63. The summed E-state index contributed by atoms with van der Waals surface area (Å²) in [5.74, 6) is 0.801. The molecule has 0 bridgehead atoms. The second-order valence-electron chi connectivity index (χ2n) is 4.08. The molecule has 0 amide bonds. The molecule has 0 aliphatic heterocycles. The van der Waals surface area contributed by atoms with Gasteiger partial charge in [0, 0.05) is 9.61 Å². The molecular weight excluding hydrogens is 348 g/mol. The van der Waals surface area contributed by atoms with Gasteiger partial charge in [-0.3, -0.25) is 0 Å². The van der Waals surface area contributed by atoms with E-state index in [2.05, 4.69) is 22.6 Å². The van der Waals surface area contributed by atoms with Crippen LogP contribution >= 0.6 is 22.6 Å². The predicted octanol–water partition coefficient (Wildman–Crippen LogP) is 2.55. The number of hydrogen-bond acceptors (Lipinski definition) is 3. The van der Waals surface area contributed by atoms with E-state index in [0.29, 0.717) is 13.2 Å². The molecule has 0 heterocycles. The fraction of sp³-hybridized carbons (Fsp3) is 0.538. The van der Waals surface area contributed by atoms with Crippen LogP contribution in [0.15, 0.2) is 18.2 Å². The summed E-state index contributed by atoms with van der Waals surface area (Å²) in [5, 5.41) is 0. The maximum atomic E-state index is 11.8. The largest absolute Gasteiger partial charge is 0.491 e. The van der Waals surface area contributed by atoms with Gasteiger partial charge < -0.3 is 15.2 Å². The second kappa shape index (κ2) is 8.66. The monoisotopic (exact) mass is 367 g/mol. The molecule has 0 saturated carbocycles. The van der Waals surface area contributed by atoms with Gasteiger partial charge in [-0.2, -0.15) is 0 Å². The van der Waals surface area contributed by atoms with Gasteiger partial charge in [0.2, 0.25) is 0 Å². The molecule has 1 atom stereocenters. The molecule has 0 saturated heterocycles. The van der Waals surface area contributed by atoms with Gasteiger partial charge in [0.05, 0.1) is 13.2 Å². The summed E-state index contributed by atoms with van der Waals surface area (Å²) in [6, 6.07) is 6.06. The zero-order chi connectivity index (χ0) is 13.4. The molecule has 3 nitrogen and oxygen atoms in total. The van der Waals surface area contributed by atoms with Crippen LogP contribution in [0.1, 0.15) is 12.5 Å². The van der Waals surface area contributed by atoms with Gasteiger partial charge in [-0.1, -0.05) is 0 Å². The van der Waals surface area contributed by atoms with Gasteiger partial charge in [-0.25, -0.2) is 4.39 Å². The highest BCUT2D eigenvalue weighted by molar-refractivity contribution is 14.1. The number of ether oxygens (including phenoxy) is 2. The quantitative estimate of drug-likeness (QED) is 0.568. The number of alkyl halides is 1. The first kappa shape index (κ1) is 15.7. The number of rotatable bonds is 8. The molecule has 0 fully saturated rings. The normalized spacial score (nSPS) is 12.4. The fourth-order valence-electron chi connectivity index (χ4n) is 1.52. The average molecular weight is 367 g/mol. The van der Waals surface area contributed by atoms with Crippen LogP contribution in [0.25, 0.3) is 0 Å². The Labute approximate surface area is 121 Å². The predicted molar refractivity (Wildman–Crippen MR) is 78.8 cm³/mol. The van der Waals surface area contributed by atoms with Crippen molar-refractivity contribution in [3.8, 4) is 5.75 Å². The van der Waals surface area contributed by atoms with Crippen LogP contribution in [0.5, 0.6) is 5.75 Å². The van der Waals surface area contributed by atoms with Crippen LogP contribution in [0, 0.1) is 3.57 Å². The van der Waals surface area contributed by atoms with Crippen LogP contribution < -0.4 is 10.5 Å². The van der Waals surface area contributed by atoms with E-state index < -0.39 is 6.67 Å². The van der Waals surface area contributed by atoms with E-state index in [0.717, 1.165) is 12.2 Å². The fourth-order valence-corrected chi connectivity index (χ4v) is 2.07. The van der Waals surface area contributed by atoms with Gasteiger partial charge in [0.1, 0.15) is 19.0 Å². The standard InChI is InChI=1S/C13H19FINO2/c1-10(16)8-11-9-12(2-3-13(11)15)18-7-6-17-5-4-14/h2-3,9-10H,4-8,16H2,1H3. The molecule has 0 aliphatic carbocycles. The summed E-state index contributed by atoms with van der Waals surface area (Å²) in [4.78, 5) is 0. The summed E-state index contributed by atoms with van der Waals surface area (Å²) in [6.45, 7) is 2.49. The Hall–Kier alpha value is -0.400. The van der Waals surface area contributed by atoms with Crippen molar-refractivity contribution in [3.63, 3.8) is 0 Å². The maximum Gasteiger partial charge on any atom is 0.119 e. The minimum atomic E-state index is -0.456. The lowest BCUT2D eigenvalue weighted by atomic mass is 10.1. The Kier molecular flexibility index (Phi) is 7.53. The van der Waals surface area contributed by atoms with E-state index in [-0.39, 0.29) is 12.6 Å². The number of hydrogen-bond donors (Lipinski definition) is 1. The maximum absolute atomic E-state index is 11.8. The molecule has 1 aromatic rings. The first-order valence-corrected chi connectivity index (χ1v) is 7.02. The minimum absolute atomic E-state index is 0.127. The lowest BCUT2D eigenvalue weighted by Gasteiger charge is -2.11. The minimum Gasteiger partial charge on any atom is -0.491 e. The molecule has 0 aliphatic rings. The SMILES string of the molecule is CC(N)Cc1cc(OCCOCCF)ccc1I. The molecule has 0 spiro atoms. The molecule has 1 unspecified atom stereocenters.